The summed E-state index contributed by atoms with van der Waals surface area (Å²) in [5.41, 5.74) is 5.37. The zero-order valence-electron chi connectivity index (χ0n) is 23.3. The zero-order valence-corrected chi connectivity index (χ0v) is 23.3. The van der Waals surface area contributed by atoms with Crippen LogP contribution in [0, 0.1) is 17.0 Å². The van der Waals surface area contributed by atoms with Gasteiger partial charge in [0.2, 0.25) is 0 Å². The third kappa shape index (κ3) is 5.30. The number of carbonyl (C=O) groups is 2. The Kier molecular flexibility index (Phi) is 7.61. The molecule has 41 heavy (non-hydrogen) atoms. The van der Waals surface area contributed by atoms with Gasteiger partial charge in [0.1, 0.15) is 0 Å². The predicted molar refractivity (Wildman–Crippen MR) is 155 cm³/mol. The largest absolute Gasteiger partial charge is 0.493 e. The molecule has 2 unspecified atom stereocenters. The van der Waals surface area contributed by atoms with Crippen molar-refractivity contribution in [2.45, 2.75) is 38.5 Å². The maximum atomic E-state index is 13.9. The molecule has 0 saturated heterocycles. The molecular weight excluding hydrogens is 522 g/mol. The van der Waals surface area contributed by atoms with Crippen molar-refractivity contribution in [2.24, 2.45) is 0 Å². The number of methoxy groups -OCH3 is 2. The van der Waals surface area contributed by atoms with Crippen molar-refractivity contribution in [1.29, 1.82) is 0 Å². The average molecular weight is 554 g/mol. The minimum absolute atomic E-state index is 0.0630. The standard InChI is InChI=1S/C32H31N3O6/c1-18-7-5-6-8-24(18)34-32(37)29-19(2)33-25-15-22(21-11-14-27(40-3)28(17-21)41-4)16-26(36)31(25)30(29)20-9-12-23(13-10-20)35(38)39/h5-14,17,22,30,33H,15-16H2,1-4H3,(H,34,37). The molecule has 0 bridgehead atoms. The number of carbonyl (C=O) groups excluding carboxylic acids is 2. The topological polar surface area (TPSA) is 120 Å². The molecule has 1 aliphatic carbocycles. The summed E-state index contributed by atoms with van der Waals surface area (Å²) in [7, 11) is 3.15. The summed E-state index contributed by atoms with van der Waals surface area (Å²) in [6, 6.07) is 19.2. The summed E-state index contributed by atoms with van der Waals surface area (Å²) in [5.74, 6) is -0.0278. The lowest BCUT2D eigenvalue weighted by Gasteiger charge is -2.37. The smallest absolute Gasteiger partial charge is 0.269 e. The van der Waals surface area contributed by atoms with E-state index >= 15 is 0 Å². The van der Waals surface area contributed by atoms with Crippen molar-refractivity contribution in [1.82, 2.24) is 5.32 Å². The highest BCUT2D eigenvalue weighted by Crippen LogP contribution is 2.46. The van der Waals surface area contributed by atoms with Gasteiger partial charge in [0.05, 0.1) is 19.1 Å². The first-order valence-corrected chi connectivity index (χ1v) is 13.3. The SMILES string of the molecule is COc1ccc(C2CC(=O)C3=C(C2)NC(C)=C(C(=O)Nc2ccccc2C)C3c2ccc([N+](=O)[O-])cc2)cc1OC. The van der Waals surface area contributed by atoms with Gasteiger partial charge in [-0.25, -0.2) is 0 Å². The van der Waals surface area contributed by atoms with E-state index in [1.54, 1.807) is 26.4 Å². The number of anilines is 1. The van der Waals surface area contributed by atoms with Gasteiger partial charge in [-0.05, 0) is 61.1 Å². The van der Waals surface area contributed by atoms with E-state index in [2.05, 4.69) is 10.6 Å². The highest BCUT2D eigenvalue weighted by atomic mass is 16.6. The lowest BCUT2D eigenvalue weighted by molar-refractivity contribution is -0.384. The molecule has 210 valence electrons. The quantitative estimate of drug-likeness (QED) is 0.275. The van der Waals surface area contributed by atoms with E-state index < -0.39 is 10.8 Å². The van der Waals surface area contributed by atoms with Gasteiger partial charge in [-0.15, -0.1) is 0 Å². The number of non-ortho nitro benzene ring substituents is 1. The van der Waals surface area contributed by atoms with E-state index in [1.165, 1.54) is 12.1 Å². The molecule has 1 amide bonds. The molecule has 0 spiro atoms. The van der Waals surface area contributed by atoms with E-state index in [1.807, 2.05) is 56.3 Å². The summed E-state index contributed by atoms with van der Waals surface area (Å²) in [5, 5.41) is 17.7. The number of allylic oxidation sites excluding steroid dienone is 3. The fourth-order valence-corrected chi connectivity index (χ4v) is 5.71. The molecule has 2 atom stereocenters. The van der Waals surface area contributed by atoms with Gasteiger partial charge in [0.25, 0.3) is 11.6 Å². The molecule has 2 N–H and O–H groups in total. The van der Waals surface area contributed by atoms with Crippen LogP contribution in [0.4, 0.5) is 11.4 Å². The summed E-state index contributed by atoms with van der Waals surface area (Å²) >= 11 is 0. The lowest BCUT2D eigenvalue weighted by atomic mass is 9.71. The van der Waals surface area contributed by atoms with Gasteiger partial charge >= 0.3 is 0 Å². The molecule has 3 aromatic carbocycles. The van der Waals surface area contributed by atoms with E-state index in [0.29, 0.717) is 46.0 Å². The van der Waals surface area contributed by atoms with Crippen LogP contribution in [-0.4, -0.2) is 30.8 Å². The molecule has 1 aliphatic heterocycles. The van der Waals surface area contributed by atoms with Gasteiger partial charge in [0.15, 0.2) is 17.3 Å². The Morgan fingerprint density at radius 2 is 1.63 bits per heavy atom. The van der Waals surface area contributed by atoms with Gasteiger partial charge in [0, 0.05) is 52.7 Å². The highest BCUT2D eigenvalue weighted by Gasteiger charge is 2.41. The number of hydrogen-bond acceptors (Lipinski definition) is 7. The van der Waals surface area contributed by atoms with Crippen molar-refractivity contribution in [3.63, 3.8) is 0 Å². The number of dihydropyridines is 1. The van der Waals surface area contributed by atoms with Crippen molar-refractivity contribution in [3.05, 3.63) is 116 Å². The third-order valence-electron chi connectivity index (χ3n) is 7.78. The number of aryl methyl sites for hydroxylation is 1. The first-order valence-electron chi connectivity index (χ1n) is 13.3. The van der Waals surface area contributed by atoms with E-state index in [-0.39, 0.29) is 29.7 Å². The molecule has 0 saturated carbocycles. The van der Waals surface area contributed by atoms with Crippen LogP contribution in [0.2, 0.25) is 0 Å². The number of ketones is 1. The maximum absolute atomic E-state index is 13.9. The molecule has 9 nitrogen and oxygen atoms in total. The van der Waals surface area contributed by atoms with E-state index in [9.17, 15) is 19.7 Å². The number of rotatable bonds is 7. The Balaban J connectivity index is 1.56. The van der Waals surface area contributed by atoms with Crippen LogP contribution in [0.3, 0.4) is 0 Å². The molecular formula is C32H31N3O6. The fourth-order valence-electron chi connectivity index (χ4n) is 5.71. The second-order valence-corrected chi connectivity index (χ2v) is 10.2. The van der Waals surface area contributed by atoms with Crippen LogP contribution in [-0.2, 0) is 9.59 Å². The summed E-state index contributed by atoms with van der Waals surface area (Å²) < 4.78 is 10.9. The number of para-hydroxylation sites is 1. The molecule has 0 radical (unpaired) electrons. The first kappa shape index (κ1) is 27.6. The number of nitrogens with one attached hydrogen (secondary N) is 2. The summed E-state index contributed by atoms with van der Waals surface area (Å²) in [4.78, 5) is 38.6. The van der Waals surface area contributed by atoms with Crippen molar-refractivity contribution in [3.8, 4) is 11.5 Å². The van der Waals surface area contributed by atoms with Crippen molar-refractivity contribution < 1.29 is 24.0 Å². The fraction of sp³-hybridized carbons (Fsp3) is 0.250. The van der Waals surface area contributed by atoms with E-state index in [0.717, 1.165) is 16.8 Å². The number of nitro benzene ring substituents is 1. The number of nitrogens with zero attached hydrogens (tertiary/aromatic N) is 1. The molecule has 0 aromatic heterocycles. The molecule has 2 aliphatic rings. The van der Waals surface area contributed by atoms with Gasteiger partial charge < -0.3 is 20.1 Å². The minimum Gasteiger partial charge on any atom is -0.493 e. The third-order valence-corrected chi connectivity index (χ3v) is 7.78. The number of benzene rings is 3. The van der Waals surface area contributed by atoms with E-state index in [4.69, 9.17) is 9.47 Å². The monoisotopic (exact) mass is 553 g/mol. The van der Waals surface area contributed by atoms with Crippen LogP contribution in [0.15, 0.2) is 89.3 Å². The number of nitro groups is 1. The first-order chi connectivity index (χ1) is 19.7. The van der Waals surface area contributed by atoms with Crippen LogP contribution < -0.4 is 20.1 Å². The Hall–Kier alpha value is -4.92. The van der Waals surface area contributed by atoms with Crippen LogP contribution in [0.1, 0.15) is 48.3 Å². The van der Waals surface area contributed by atoms with Crippen LogP contribution in [0.5, 0.6) is 11.5 Å². The van der Waals surface area contributed by atoms with Crippen molar-refractivity contribution >= 4 is 23.1 Å². The second kappa shape index (κ2) is 11.3. The normalized spacial score (nSPS) is 18.4. The number of ether oxygens (including phenoxy) is 2. The minimum atomic E-state index is -0.685. The second-order valence-electron chi connectivity index (χ2n) is 10.2. The molecule has 0 fully saturated rings. The van der Waals surface area contributed by atoms with Crippen LogP contribution >= 0.6 is 0 Å². The molecule has 5 rings (SSSR count). The average Bonchev–Trinajstić information content (AvgIpc) is 2.97. The summed E-state index contributed by atoms with van der Waals surface area (Å²) in [6.45, 7) is 3.73. The van der Waals surface area contributed by atoms with Gasteiger partial charge in [-0.3, -0.25) is 19.7 Å². The Labute approximate surface area is 238 Å². The Morgan fingerprint density at radius 3 is 2.29 bits per heavy atom. The Morgan fingerprint density at radius 1 is 0.951 bits per heavy atom. The number of hydrogen-bond donors (Lipinski definition) is 2. The number of Topliss-reactive ketones (excluding diaryl/α,β-unsaturated/α-hetero) is 1. The molecule has 1 heterocycles. The number of amides is 1. The van der Waals surface area contributed by atoms with Gasteiger partial charge in [-0.2, -0.15) is 0 Å². The molecule has 3 aromatic rings. The van der Waals surface area contributed by atoms with Crippen molar-refractivity contribution in [2.75, 3.05) is 19.5 Å². The zero-order chi connectivity index (χ0) is 29.3. The highest BCUT2D eigenvalue weighted by molar-refractivity contribution is 6.10. The maximum Gasteiger partial charge on any atom is 0.269 e. The lowest BCUT2D eigenvalue weighted by Crippen LogP contribution is -2.37. The predicted octanol–water partition coefficient (Wildman–Crippen LogP) is 5.92. The van der Waals surface area contributed by atoms with Crippen LogP contribution in [0.25, 0.3) is 0 Å². The summed E-state index contributed by atoms with van der Waals surface area (Å²) in [6.07, 6.45) is 0.787. The molecule has 9 heteroatoms. The Bertz CT molecular complexity index is 1610. The van der Waals surface area contributed by atoms with Gasteiger partial charge in [-0.1, -0.05) is 36.4 Å².